The van der Waals surface area contributed by atoms with Crippen LogP contribution in [0.5, 0.6) is 0 Å². The molecule has 5 rings (SSSR count). The van der Waals surface area contributed by atoms with Crippen molar-refractivity contribution in [3.05, 3.63) is 0 Å². The predicted octanol–water partition coefficient (Wildman–Crippen LogP) is 13.1. The first-order valence-electron chi connectivity index (χ1n) is 27.1. The molecule has 1 aliphatic heterocycles. The van der Waals surface area contributed by atoms with Crippen LogP contribution in [0.25, 0.3) is 0 Å². The van der Waals surface area contributed by atoms with Crippen molar-refractivity contribution in [1.29, 1.82) is 0 Å². The molecule has 3 unspecified atom stereocenters. The molecule has 3 N–H and O–H groups in total. The monoisotopic (exact) mass is 868 g/mol. The van der Waals surface area contributed by atoms with E-state index in [0.29, 0.717) is 55.0 Å². The Morgan fingerprint density at radius 2 is 1.26 bits per heavy atom. The first kappa shape index (κ1) is 51.2. The van der Waals surface area contributed by atoms with Crippen LogP contribution in [0.2, 0.25) is 0 Å². The lowest BCUT2D eigenvalue weighted by Crippen LogP contribution is -2.54. The van der Waals surface area contributed by atoms with Crippen LogP contribution in [0.4, 0.5) is 4.79 Å². The van der Waals surface area contributed by atoms with Gasteiger partial charge in [-0.3, -0.25) is 9.59 Å². The Hall–Kier alpha value is -1.83. The molecule has 358 valence electrons. The Balaban J connectivity index is 0.898. The van der Waals surface area contributed by atoms with E-state index in [-0.39, 0.29) is 30.1 Å². The van der Waals surface area contributed by atoms with Crippen LogP contribution in [0, 0.1) is 46.3 Å². The number of ether oxygens (including phenoxy) is 1. The minimum Gasteiger partial charge on any atom is -0.446 e. The lowest BCUT2D eigenvalue weighted by atomic mass is 9.44. The van der Waals surface area contributed by atoms with Crippen molar-refractivity contribution in [3.8, 4) is 0 Å². The van der Waals surface area contributed by atoms with E-state index in [4.69, 9.17) is 4.74 Å². The van der Waals surface area contributed by atoms with Gasteiger partial charge in [0.15, 0.2) is 0 Å². The van der Waals surface area contributed by atoms with E-state index in [2.05, 4.69) is 38.3 Å². The number of amides is 3. The highest BCUT2D eigenvalue weighted by molar-refractivity contribution is 5.77. The van der Waals surface area contributed by atoms with Gasteiger partial charge in [-0.2, -0.15) is 0 Å². The highest BCUT2D eigenvalue weighted by Crippen LogP contribution is 2.68. The Morgan fingerprint density at radius 3 is 1.89 bits per heavy atom. The highest BCUT2D eigenvalue weighted by Gasteiger charge is 2.60. The van der Waals surface area contributed by atoms with Gasteiger partial charge in [0.1, 0.15) is 6.10 Å². The number of rotatable bonds is 28. The van der Waals surface area contributed by atoms with Gasteiger partial charge in [0.05, 0.1) is 6.10 Å². The fourth-order valence-electron chi connectivity index (χ4n) is 14.3. The largest absolute Gasteiger partial charge is 0.446 e. The average molecular weight is 868 g/mol. The predicted molar refractivity (Wildman–Crippen MR) is 255 cm³/mol. The molecule has 0 bridgehead atoms. The van der Waals surface area contributed by atoms with Crippen molar-refractivity contribution in [2.24, 2.45) is 46.3 Å². The van der Waals surface area contributed by atoms with Gasteiger partial charge in [0.25, 0.3) is 0 Å². The zero-order valence-electron chi connectivity index (χ0n) is 41.0. The van der Waals surface area contributed by atoms with Crippen molar-refractivity contribution in [2.45, 2.75) is 258 Å². The number of fused-ring (bicyclic) bond motifs is 5. The summed E-state index contributed by atoms with van der Waals surface area (Å²) in [6, 6.07) is 0.120. The normalized spacial score (nSPS) is 32.1. The number of nitrogens with one attached hydrogen (secondary N) is 2. The topological polar surface area (TPSA) is 108 Å². The summed E-state index contributed by atoms with van der Waals surface area (Å²) in [4.78, 5) is 40.1. The van der Waals surface area contributed by atoms with E-state index in [1.165, 1.54) is 135 Å². The number of hydrogen-bond acceptors (Lipinski definition) is 5. The fourth-order valence-corrected chi connectivity index (χ4v) is 14.3. The lowest BCUT2D eigenvalue weighted by Gasteiger charge is -2.61. The van der Waals surface area contributed by atoms with E-state index in [1.54, 1.807) is 0 Å². The number of unbranched alkanes of at least 4 members (excludes halogenated alkanes) is 17. The molecule has 8 nitrogen and oxygen atoms in total. The van der Waals surface area contributed by atoms with Gasteiger partial charge in [-0.15, -0.1) is 0 Å². The summed E-state index contributed by atoms with van der Waals surface area (Å²) in [5, 5.41) is 16.1. The van der Waals surface area contributed by atoms with Crippen LogP contribution in [-0.4, -0.2) is 65.8 Å². The first-order valence-corrected chi connectivity index (χ1v) is 27.1. The second kappa shape index (κ2) is 26.3. The standard InChI is InChI=1S/C54H97N3O5/c1-6-7-8-9-10-11-12-13-14-15-16-17-18-19-20-23-36-55-50(59)31-26-41(2)47-29-30-48-46-28-27-43-39-45(32-34-53(43,4)49(46)33-35-54(47,48)5)62-52(61)56-37-24-21-22-25-51(60)57-40-44(58)38-42(57)3/h41-49,58H,6-40H2,1-5H3,(H,55,59)(H,56,61)/t41-,42-,43-,44-,45-,46?,47-,48?,49?,53+,54-/m1/s1. The number of carbonyl (C=O) groups is 3. The van der Waals surface area contributed by atoms with Gasteiger partial charge in [-0.05, 0) is 143 Å². The number of alkyl carbamates (subject to hydrolysis) is 1. The average Bonchev–Trinajstić information content (AvgIpc) is 3.79. The van der Waals surface area contributed by atoms with Gasteiger partial charge < -0.3 is 25.4 Å². The Bertz CT molecular complexity index is 1330. The molecule has 8 heteroatoms. The number of aliphatic hydroxyl groups is 1. The quantitative estimate of drug-likeness (QED) is 0.0679. The first-order chi connectivity index (χ1) is 30.0. The van der Waals surface area contributed by atoms with Crippen molar-refractivity contribution >= 4 is 17.9 Å². The molecule has 1 heterocycles. The number of hydrogen-bond donors (Lipinski definition) is 3. The Labute approximate surface area is 380 Å². The second-order valence-corrected chi connectivity index (χ2v) is 22.4. The van der Waals surface area contributed by atoms with Gasteiger partial charge in [-0.25, -0.2) is 4.79 Å². The molecule has 0 aromatic heterocycles. The van der Waals surface area contributed by atoms with Crippen molar-refractivity contribution < 1.29 is 24.2 Å². The summed E-state index contributed by atoms with van der Waals surface area (Å²) < 4.78 is 6.03. The van der Waals surface area contributed by atoms with E-state index in [0.717, 1.165) is 81.6 Å². The smallest absolute Gasteiger partial charge is 0.407 e. The van der Waals surface area contributed by atoms with Gasteiger partial charge in [0.2, 0.25) is 11.8 Å². The van der Waals surface area contributed by atoms with E-state index >= 15 is 0 Å². The van der Waals surface area contributed by atoms with Crippen molar-refractivity contribution in [2.75, 3.05) is 19.6 Å². The molecule has 62 heavy (non-hydrogen) atoms. The van der Waals surface area contributed by atoms with Crippen LogP contribution in [-0.2, 0) is 14.3 Å². The SMILES string of the molecule is CCCCCCCCCCCCCCCCCCNC(=O)CC[C@@H](C)[C@H]1CCC2C3CC[C@@H]4C[C@H](OC(=O)NCCCCCC(=O)N5C[C@H](O)C[C@H]5C)CC[C@]4(C)C3CC[C@@]21C. The molecule has 1 saturated heterocycles. The molecular weight excluding hydrogens is 771 g/mol. The molecule has 0 spiro atoms. The molecule has 3 amide bonds. The molecular formula is C54H97N3O5. The minimum atomic E-state index is -0.392. The van der Waals surface area contributed by atoms with E-state index in [1.807, 2.05) is 11.8 Å². The third-order valence-electron chi connectivity index (χ3n) is 18.0. The maximum absolute atomic E-state index is 12.9. The fraction of sp³-hybridized carbons (Fsp3) is 0.944. The van der Waals surface area contributed by atoms with Crippen molar-refractivity contribution in [1.82, 2.24) is 15.5 Å². The van der Waals surface area contributed by atoms with Gasteiger partial charge >= 0.3 is 6.09 Å². The number of β-amino-alcohol motifs (C(OH)–C–C–N with tert-alkyl or cyclic N) is 1. The Kier molecular flexibility index (Phi) is 21.7. The highest BCUT2D eigenvalue weighted by atomic mass is 16.6. The number of carbonyl (C=O) groups excluding carboxylic acids is 3. The van der Waals surface area contributed by atoms with Gasteiger partial charge in [-0.1, -0.05) is 130 Å². The minimum absolute atomic E-state index is 0.0109. The van der Waals surface area contributed by atoms with E-state index < -0.39 is 6.10 Å². The molecule has 5 fully saturated rings. The van der Waals surface area contributed by atoms with E-state index in [9.17, 15) is 19.5 Å². The maximum Gasteiger partial charge on any atom is 0.407 e. The maximum atomic E-state index is 12.9. The summed E-state index contributed by atoms with van der Waals surface area (Å²) in [5.41, 5.74) is 0.745. The second-order valence-electron chi connectivity index (χ2n) is 22.4. The zero-order valence-corrected chi connectivity index (χ0v) is 41.0. The van der Waals surface area contributed by atoms with Gasteiger partial charge in [0, 0.05) is 38.5 Å². The molecule has 0 radical (unpaired) electrons. The third kappa shape index (κ3) is 14.8. The number of nitrogens with zero attached hydrogens (tertiary/aromatic N) is 1. The summed E-state index contributed by atoms with van der Waals surface area (Å²) in [6.07, 6.45) is 37.8. The molecule has 5 aliphatic rings. The molecule has 4 aliphatic carbocycles. The molecule has 4 saturated carbocycles. The summed E-state index contributed by atoms with van der Waals surface area (Å²) in [7, 11) is 0. The van der Waals surface area contributed by atoms with Crippen molar-refractivity contribution in [3.63, 3.8) is 0 Å². The zero-order chi connectivity index (χ0) is 44.4. The van der Waals surface area contributed by atoms with Crippen LogP contribution in [0.3, 0.4) is 0 Å². The van der Waals surface area contributed by atoms with Crippen LogP contribution < -0.4 is 10.6 Å². The summed E-state index contributed by atoms with van der Waals surface area (Å²) in [6.45, 7) is 13.9. The third-order valence-corrected chi connectivity index (χ3v) is 18.0. The van der Waals surface area contributed by atoms with Crippen LogP contribution in [0.15, 0.2) is 0 Å². The summed E-state index contributed by atoms with van der Waals surface area (Å²) in [5.74, 6) is 4.76. The lowest BCUT2D eigenvalue weighted by molar-refractivity contribution is -0.132. The molecule has 0 aromatic rings. The molecule has 11 atom stereocenters. The summed E-state index contributed by atoms with van der Waals surface area (Å²) >= 11 is 0. The Morgan fingerprint density at radius 1 is 0.677 bits per heavy atom. The number of aliphatic hydroxyl groups excluding tert-OH is 1. The number of likely N-dealkylation sites (tertiary alicyclic amines) is 1. The van der Waals surface area contributed by atoms with Crippen LogP contribution in [0.1, 0.15) is 240 Å². The van der Waals surface area contributed by atoms with Crippen LogP contribution >= 0.6 is 0 Å². The molecule has 0 aromatic carbocycles.